The van der Waals surface area contributed by atoms with Gasteiger partial charge in [-0.3, -0.25) is 14.2 Å². The summed E-state index contributed by atoms with van der Waals surface area (Å²) in [6, 6.07) is 13.4. The van der Waals surface area contributed by atoms with Gasteiger partial charge in [0.15, 0.2) is 10.9 Å². The number of para-hydroxylation sites is 1. The zero-order chi connectivity index (χ0) is 20.9. The fourth-order valence-corrected chi connectivity index (χ4v) is 5.00. The van der Waals surface area contributed by atoms with E-state index in [1.54, 1.807) is 12.1 Å². The summed E-state index contributed by atoms with van der Waals surface area (Å²) in [4.78, 5) is 27.3. The van der Waals surface area contributed by atoms with E-state index in [0.29, 0.717) is 23.2 Å². The molecule has 1 fully saturated rings. The molecule has 0 radical (unpaired) electrons. The Balaban J connectivity index is 1.53. The molecule has 2 aromatic heterocycles. The summed E-state index contributed by atoms with van der Waals surface area (Å²) in [5, 5.41) is 9.42. The van der Waals surface area contributed by atoms with E-state index in [2.05, 4.69) is 15.1 Å². The topological polar surface area (TPSA) is 103 Å². The Hall–Kier alpha value is -2.69. The second-order valence-corrected chi connectivity index (χ2v) is 8.78. The number of thioether (sulfide) groups is 1. The highest BCUT2D eigenvalue weighted by atomic mass is 32.2. The van der Waals surface area contributed by atoms with Crippen LogP contribution < -0.4 is 10.6 Å². The lowest BCUT2D eigenvalue weighted by Crippen LogP contribution is -2.37. The first kappa shape index (κ1) is 20.6. The highest BCUT2D eigenvalue weighted by molar-refractivity contribution is 7.99. The molecular weight excluding hydrogens is 422 g/mol. The average Bonchev–Trinajstić information content (AvgIpc) is 3.40. The minimum atomic E-state index is -0.406. The molecule has 10 heteroatoms. The summed E-state index contributed by atoms with van der Waals surface area (Å²) in [6.45, 7) is 2.78. The van der Waals surface area contributed by atoms with Crippen LogP contribution in [0.3, 0.4) is 0 Å². The van der Waals surface area contributed by atoms with Crippen LogP contribution in [0.5, 0.6) is 0 Å². The number of carbonyl (C=O) groups excluding carboxylic acids is 2. The summed E-state index contributed by atoms with van der Waals surface area (Å²) < 4.78 is 7.43. The van der Waals surface area contributed by atoms with Crippen LogP contribution in [0.2, 0.25) is 0 Å². The van der Waals surface area contributed by atoms with Crippen molar-refractivity contribution in [2.75, 3.05) is 37.0 Å². The standard InChI is InChI=1S/C20H21N5O3S2/c21-18(27)12-15-6-7-17(30-15)16(26)13-29-20-23-22-19(24-8-10-28-11-9-24)25(20)14-4-2-1-3-5-14/h1-7H,8-13H2,(H2,21,27). The second-order valence-electron chi connectivity index (χ2n) is 6.67. The van der Waals surface area contributed by atoms with Crippen molar-refractivity contribution < 1.29 is 14.3 Å². The number of anilines is 1. The van der Waals surface area contributed by atoms with Crippen LogP contribution in [0.25, 0.3) is 5.69 Å². The Morgan fingerprint density at radius 2 is 1.87 bits per heavy atom. The van der Waals surface area contributed by atoms with Gasteiger partial charge >= 0.3 is 0 Å². The molecule has 2 N–H and O–H groups in total. The molecule has 1 amide bonds. The number of carbonyl (C=O) groups is 2. The third-order valence-electron chi connectivity index (χ3n) is 4.54. The lowest BCUT2D eigenvalue weighted by molar-refractivity contribution is -0.117. The number of primary amides is 1. The highest BCUT2D eigenvalue weighted by Gasteiger charge is 2.22. The van der Waals surface area contributed by atoms with Crippen molar-refractivity contribution in [2.45, 2.75) is 11.6 Å². The Labute approximate surface area is 182 Å². The first-order valence-electron chi connectivity index (χ1n) is 9.48. The monoisotopic (exact) mass is 443 g/mol. The van der Waals surface area contributed by atoms with Crippen LogP contribution >= 0.6 is 23.1 Å². The molecule has 1 aliphatic rings. The normalized spacial score (nSPS) is 14.1. The van der Waals surface area contributed by atoms with E-state index in [9.17, 15) is 9.59 Å². The molecule has 0 aliphatic carbocycles. The number of nitrogens with two attached hydrogens (primary N) is 1. The molecule has 0 spiro atoms. The number of Topliss-reactive ketones (excluding diaryl/α,β-unsaturated/α-hetero) is 1. The Kier molecular flexibility index (Phi) is 6.46. The Morgan fingerprint density at radius 1 is 1.10 bits per heavy atom. The fourth-order valence-electron chi connectivity index (χ4n) is 3.12. The van der Waals surface area contributed by atoms with Crippen LogP contribution in [0.15, 0.2) is 47.6 Å². The van der Waals surface area contributed by atoms with Crippen molar-refractivity contribution in [3.05, 3.63) is 52.2 Å². The van der Waals surface area contributed by atoms with Gasteiger partial charge in [-0.25, -0.2) is 0 Å². The van der Waals surface area contributed by atoms with E-state index in [1.165, 1.54) is 23.1 Å². The first-order valence-corrected chi connectivity index (χ1v) is 11.3. The van der Waals surface area contributed by atoms with Crippen molar-refractivity contribution >= 4 is 40.7 Å². The van der Waals surface area contributed by atoms with Gasteiger partial charge in [0.2, 0.25) is 11.9 Å². The van der Waals surface area contributed by atoms with Crippen molar-refractivity contribution in [3.8, 4) is 5.69 Å². The molecule has 8 nitrogen and oxygen atoms in total. The molecule has 3 heterocycles. The molecule has 0 saturated carbocycles. The van der Waals surface area contributed by atoms with Gasteiger partial charge in [-0.05, 0) is 24.3 Å². The summed E-state index contributed by atoms with van der Waals surface area (Å²) >= 11 is 2.65. The number of amides is 1. The Morgan fingerprint density at radius 3 is 2.60 bits per heavy atom. The van der Waals surface area contributed by atoms with Crippen molar-refractivity contribution in [1.29, 1.82) is 0 Å². The largest absolute Gasteiger partial charge is 0.378 e. The van der Waals surface area contributed by atoms with Gasteiger partial charge in [-0.1, -0.05) is 30.0 Å². The van der Waals surface area contributed by atoms with Gasteiger partial charge in [-0.15, -0.1) is 21.5 Å². The number of rotatable bonds is 8. The van der Waals surface area contributed by atoms with Crippen molar-refractivity contribution in [1.82, 2.24) is 14.8 Å². The number of hydrogen-bond donors (Lipinski definition) is 1. The quantitative estimate of drug-likeness (QED) is 0.420. The first-order chi connectivity index (χ1) is 14.6. The molecule has 0 atom stereocenters. The lowest BCUT2D eigenvalue weighted by atomic mass is 10.3. The van der Waals surface area contributed by atoms with Crippen molar-refractivity contribution in [3.63, 3.8) is 0 Å². The minimum absolute atomic E-state index is 0.0174. The summed E-state index contributed by atoms with van der Waals surface area (Å²) in [5.74, 6) is 0.553. The molecule has 30 heavy (non-hydrogen) atoms. The lowest BCUT2D eigenvalue weighted by Gasteiger charge is -2.27. The highest BCUT2D eigenvalue weighted by Crippen LogP contribution is 2.28. The van der Waals surface area contributed by atoms with Crippen LogP contribution in [0.4, 0.5) is 5.95 Å². The van der Waals surface area contributed by atoms with E-state index in [0.717, 1.165) is 29.6 Å². The zero-order valence-corrected chi connectivity index (χ0v) is 17.8. The van der Waals surface area contributed by atoms with Gasteiger partial charge in [0.1, 0.15) is 0 Å². The number of benzene rings is 1. The molecule has 156 valence electrons. The molecule has 1 saturated heterocycles. The summed E-state index contributed by atoms with van der Waals surface area (Å²) in [5.41, 5.74) is 6.17. The third-order valence-corrected chi connectivity index (χ3v) is 6.60. The number of ether oxygens (including phenoxy) is 1. The van der Waals surface area contributed by atoms with Crippen molar-refractivity contribution in [2.24, 2.45) is 5.73 Å². The van der Waals surface area contributed by atoms with Crippen LogP contribution in [0.1, 0.15) is 14.5 Å². The molecule has 0 bridgehead atoms. The number of thiophene rings is 1. The maximum absolute atomic E-state index is 12.7. The molecule has 1 aliphatic heterocycles. The number of hydrogen-bond acceptors (Lipinski definition) is 8. The summed E-state index contributed by atoms with van der Waals surface area (Å²) in [7, 11) is 0. The van der Waals surface area contributed by atoms with Gasteiger partial charge in [0.05, 0.1) is 36.0 Å². The van der Waals surface area contributed by atoms with E-state index in [4.69, 9.17) is 10.5 Å². The Bertz CT molecular complexity index is 1030. The van der Waals surface area contributed by atoms with Crippen LogP contribution in [0, 0.1) is 0 Å². The van der Waals surface area contributed by atoms with E-state index >= 15 is 0 Å². The van der Waals surface area contributed by atoms with Gasteiger partial charge in [0, 0.05) is 18.0 Å². The molecule has 0 unspecified atom stereocenters. The minimum Gasteiger partial charge on any atom is -0.378 e. The summed E-state index contributed by atoms with van der Waals surface area (Å²) in [6.07, 6.45) is 0.149. The number of morpholine rings is 1. The smallest absolute Gasteiger partial charge is 0.232 e. The average molecular weight is 444 g/mol. The van der Waals surface area contributed by atoms with Gasteiger partial charge in [-0.2, -0.15) is 0 Å². The number of ketones is 1. The van der Waals surface area contributed by atoms with E-state index in [-0.39, 0.29) is 18.0 Å². The zero-order valence-electron chi connectivity index (χ0n) is 16.2. The van der Waals surface area contributed by atoms with Crippen LogP contribution in [-0.4, -0.2) is 58.5 Å². The fraction of sp³-hybridized carbons (Fsp3) is 0.300. The molecule has 1 aromatic carbocycles. The number of nitrogens with zero attached hydrogens (tertiary/aromatic N) is 4. The van der Waals surface area contributed by atoms with Gasteiger partial charge < -0.3 is 15.4 Å². The molecule has 4 rings (SSSR count). The predicted octanol–water partition coefficient (Wildman–Crippen LogP) is 2.17. The predicted molar refractivity (Wildman–Crippen MR) is 117 cm³/mol. The maximum atomic E-state index is 12.7. The maximum Gasteiger partial charge on any atom is 0.232 e. The third kappa shape index (κ3) is 4.72. The van der Waals surface area contributed by atoms with E-state index < -0.39 is 5.91 Å². The van der Waals surface area contributed by atoms with Crippen LogP contribution in [-0.2, 0) is 16.0 Å². The van der Waals surface area contributed by atoms with E-state index in [1.807, 2.05) is 34.9 Å². The molecular formula is C20H21N5O3S2. The number of aromatic nitrogens is 3. The molecule has 3 aromatic rings. The van der Waals surface area contributed by atoms with Gasteiger partial charge in [0.25, 0.3) is 0 Å². The SMILES string of the molecule is NC(=O)Cc1ccc(C(=O)CSc2nnc(N3CCOCC3)n2-c2ccccc2)s1. The second kappa shape index (κ2) is 9.41.